The Morgan fingerprint density at radius 3 is 2.55 bits per heavy atom. The number of nitrogens with two attached hydrogens (primary N) is 1. The lowest BCUT2D eigenvalue weighted by molar-refractivity contribution is 0.0995. The van der Waals surface area contributed by atoms with E-state index in [1.165, 1.54) is 12.8 Å². The van der Waals surface area contributed by atoms with Gasteiger partial charge in [0.15, 0.2) is 11.6 Å². The van der Waals surface area contributed by atoms with Gasteiger partial charge >= 0.3 is 0 Å². The van der Waals surface area contributed by atoms with E-state index in [0.717, 1.165) is 25.6 Å². The van der Waals surface area contributed by atoms with E-state index in [2.05, 4.69) is 18.7 Å². The van der Waals surface area contributed by atoms with Crippen LogP contribution < -0.4 is 5.73 Å². The van der Waals surface area contributed by atoms with Crippen molar-refractivity contribution < 1.29 is 8.78 Å². The highest BCUT2D eigenvalue weighted by atomic mass is 19.2. The minimum Gasteiger partial charge on any atom is -0.326 e. The molecule has 0 bridgehead atoms. The Morgan fingerprint density at radius 2 is 1.95 bits per heavy atom. The molecule has 1 saturated heterocycles. The maximum absolute atomic E-state index is 13.8. The smallest absolute Gasteiger partial charge is 0.162 e. The summed E-state index contributed by atoms with van der Waals surface area (Å²) in [5.41, 5.74) is 6.58. The molecule has 1 aliphatic rings. The van der Waals surface area contributed by atoms with E-state index in [9.17, 15) is 8.78 Å². The molecule has 4 heteroatoms. The molecule has 0 amide bonds. The summed E-state index contributed by atoms with van der Waals surface area (Å²) in [5, 5.41) is 0. The predicted octanol–water partition coefficient (Wildman–Crippen LogP) is 3.10. The highest BCUT2D eigenvalue weighted by molar-refractivity contribution is 5.21. The van der Waals surface area contributed by atoms with Gasteiger partial charge in [-0.1, -0.05) is 19.1 Å². The standard InChI is InChI=1S/C16H24F2N2/c1-3-16(2,20-9-4-5-10-20)14(19)11-12-7-6-8-13(17)15(12)18/h6-8,14H,3-5,9-11,19H2,1-2H3. The van der Waals surface area contributed by atoms with E-state index in [0.29, 0.717) is 12.0 Å². The summed E-state index contributed by atoms with van der Waals surface area (Å²) in [6.45, 7) is 6.34. The van der Waals surface area contributed by atoms with E-state index >= 15 is 0 Å². The van der Waals surface area contributed by atoms with Crippen LogP contribution in [0.3, 0.4) is 0 Å². The van der Waals surface area contributed by atoms with Crippen molar-refractivity contribution in [3.63, 3.8) is 0 Å². The molecule has 1 fully saturated rings. The van der Waals surface area contributed by atoms with Crippen molar-refractivity contribution in [1.82, 2.24) is 4.90 Å². The number of likely N-dealkylation sites (tertiary alicyclic amines) is 1. The molecule has 1 heterocycles. The first-order valence-electron chi connectivity index (χ1n) is 7.42. The summed E-state index contributed by atoms with van der Waals surface area (Å²) in [6, 6.07) is 4.10. The molecule has 2 nitrogen and oxygen atoms in total. The number of nitrogens with zero attached hydrogens (tertiary/aromatic N) is 1. The first-order chi connectivity index (χ1) is 9.49. The Hall–Kier alpha value is -1.00. The van der Waals surface area contributed by atoms with Crippen molar-refractivity contribution in [3.05, 3.63) is 35.4 Å². The van der Waals surface area contributed by atoms with Crippen LogP contribution in [0.25, 0.3) is 0 Å². The molecular weight excluding hydrogens is 258 g/mol. The van der Waals surface area contributed by atoms with Crippen molar-refractivity contribution in [2.75, 3.05) is 13.1 Å². The first-order valence-corrected chi connectivity index (χ1v) is 7.42. The van der Waals surface area contributed by atoms with Gasteiger partial charge in [-0.25, -0.2) is 8.78 Å². The summed E-state index contributed by atoms with van der Waals surface area (Å²) in [7, 11) is 0. The Kier molecular flexibility index (Phi) is 4.76. The summed E-state index contributed by atoms with van der Waals surface area (Å²) >= 11 is 0. The van der Waals surface area contributed by atoms with E-state index < -0.39 is 11.6 Å². The molecule has 2 rings (SSSR count). The van der Waals surface area contributed by atoms with Crippen LogP contribution in [0, 0.1) is 11.6 Å². The molecule has 20 heavy (non-hydrogen) atoms. The van der Waals surface area contributed by atoms with Crippen molar-refractivity contribution in [2.24, 2.45) is 5.73 Å². The minimum absolute atomic E-state index is 0.157. The fourth-order valence-electron chi connectivity index (χ4n) is 3.11. The number of halogens is 2. The molecule has 0 aromatic heterocycles. The van der Waals surface area contributed by atoms with Crippen LogP contribution in [-0.4, -0.2) is 29.6 Å². The van der Waals surface area contributed by atoms with E-state index in [4.69, 9.17) is 5.73 Å². The lowest BCUT2D eigenvalue weighted by atomic mass is 9.84. The quantitative estimate of drug-likeness (QED) is 0.899. The number of benzene rings is 1. The zero-order valence-electron chi connectivity index (χ0n) is 12.3. The molecule has 0 spiro atoms. The third-order valence-corrected chi connectivity index (χ3v) is 4.81. The average molecular weight is 282 g/mol. The average Bonchev–Trinajstić information content (AvgIpc) is 2.97. The molecular formula is C16H24F2N2. The maximum Gasteiger partial charge on any atom is 0.162 e. The lowest BCUT2D eigenvalue weighted by Gasteiger charge is -2.43. The molecule has 2 unspecified atom stereocenters. The van der Waals surface area contributed by atoms with Crippen LogP contribution in [0.5, 0.6) is 0 Å². The van der Waals surface area contributed by atoms with E-state index in [1.807, 2.05) is 0 Å². The van der Waals surface area contributed by atoms with Gasteiger partial charge in [-0.3, -0.25) is 4.90 Å². The fraction of sp³-hybridized carbons (Fsp3) is 0.625. The largest absolute Gasteiger partial charge is 0.326 e. The number of hydrogen-bond donors (Lipinski definition) is 1. The molecule has 0 radical (unpaired) electrons. The molecule has 1 aromatic carbocycles. The predicted molar refractivity (Wildman–Crippen MR) is 77.5 cm³/mol. The van der Waals surface area contributed by atoms with Crippen LogP contribution in [-0.2, 0) is 6.42 Å². The van der Waals surface area contributed by atoms with Gasteiger partial charge in [0.1, 0.15) is 0 Å². The van der Waals surface area contributed by atoms with Gasteiger partial charge in [-0.05, 0) is 57.3 Å². The zero-order chi connectivity index (χ0) is 14.8. The Morgan fingerprint density at radius 1 is 1.30 bits per heavy atom. The summed E-state index contributed by atoms with van der Waals surface area (Å²) in [4.78, 5) is 2.40. The zero-order valence-corrected chi connectivity index (χ0v) is 12.3. The third-order valence-electron chi connectivity index (χ3n) is 4.81. The van der Waals surface area contributed by atoms with Gasteiger partial charge in [-0.2, -0.15) is 0 Å². The second-order valence-corrected chi connectivity index (χ2v) is 5.93. The highest BCUT2D eigenvalue weighted by Gasteiger charge is 2.37. The monoisotopic (exact) mass is 282 g/mol. The van der Waals surface area contributed by atoms with Gasteiger partial charge in [0.2, 0.25) is 0 Å². The molecule has 1 aliphatic heterocycles. The highest BCUT2D eigenvalue weighted by Crippen LogP contribution is 2.29. The van der Waals surface area contributed by atoms with Crippen LogP contribution in [0.2, 0.25) is 0 Å². The Labute approximate surface area is 120 Å². The summed E-state index contributed by atoms with van der Waals surface area (Å²) < 4.78 is 27.1. The van der Waals surface area contributed by atoms with E-state index in [1.54, 1.807) is 12.1 Å². The van der Waals surface area contributed by atoms with Gasteiger partial charge in [-0.15, -0.1) is 0 Å². The SMILES string of the molecule is CCC(C)(C(N)Cc1cccc(F)c1F)N1CCCC1. The summed E-state index contributed by atoms with van der Waals surface area (Å²) in [5.74, 6) is -1.56. The van der Waals surface area contributed by atoms with Crippen LogP contribution in [0.4, 0.5) is 8.78 Å². The maximum atomic E-state index is 13.8. The van der Waals surface area contributed by atoms with Crippen LogP contribution >= 0.6 is 0 Å². The van der Waals surface area contributed by atoms with Crippen molar-refractivity contribution >= 4 is 0 Å². The second-order valence-electron chi connectivity index (χ2n) is 5.93. The van der Waals surface area contributed by atoms with Gasteiger partial charge in [0, 0.05) is 11.6 Å². The van der Waals surface area contributed by atoms with Gasteiger partial charge in [0.05, 0.1) is 0 Å². The second kappa shape index (κ2) is 6.19. The van der Waals surface area contributed by atoms with Crippen molar-refractivity contribution in [2.45, 2.75) is 51.1 Å². The van der Waals surface area contributed by atoms with Crippen molar-refractivity contribution in [3.8, 4) is 0 Å². The Balaban J connectivity index is 2.16. The third kappa shape index (κ3) is 2.86. The Bertz CT molecular complexity index is 458. The molecule has 2 atom stereocenters. The topological polar surface area (TPSA) is 29.3 Å². The first kappa shape index (κ1) is 15.4. The van der Waals surface area contributed by atoms with Crippen LogP contribution in [0.1, 0.15) is 38.7 Å². The molecule has 2 N–H and O–H groups in total. The summed E-state index contributed by atoms with van der Waals surface area (Å²) in [6.07, 6.45) is 3.66. The minimum atomic E-state index is -0.797. The number of hydrogen-bond acceptors (Lipinski definition) is 2. The molecule has 1 aromatic rings. The number of rotatable bonds is 5. The fourth-order valence-corrected chi connectivity index (χ4v) is 3.11. The van der Waals surface area contributed by atoms with Crippen LogP contribution in [0.15, 0.2) is 18.2 Å². The van der Waals surface area contributed by atoms with Crippen molar-refractivity contribution in [1.29, 1.82) is 0 Å². The van der Waals surface area contributed by atoms with Gasteiger partial charge in [0.25, 0.3) is 0 Å². The normalized spacial score (nSPS) is 20.9. The van der Waals surface area contributed by atoms with Gasteiger partial charge < -0.3 is 5.73 Å². The lowest BCUT2D eigenvalue weighted by Crippen LogP contribution is -2.57. The molecule has 0 saturated carbocycles. The van der Waals surface area contributed by atoms with E-state index in [-0.39, 0.29) is 11.6 Å². The molecule has 0 aliphatic carbocycles. The molecule has 112 valence electrons.